The second kappa shape index (κ2) is 8.10. The van der Waals surface area contributed by atoms with Crippen LogP contribution in [0.5, 0.6) is 5.75 Å². The van der Waals surface area contributed by atoms with Crippen LogP contribution in [0.15, 0.2) is 67.1 Å². The van der Waals surface area contributed by atoms with Gasteiger partial charge in [-0.25, -0.2) is 18.2 Å². The topological polar surface area (TPSA) is 44.1 Å². The molecule has 0 fully saturated rings. The fourth-order valence-corrected chi connectivity index (χ4v) is 3.29. The minimum absolute atomic E-state index is 0.178. The lowest BCUT2D eigenvalue weighted by atomic mass is 9.99. The molecule has 4 rings (SSSR count). The van der Waals surface area contributed by atoms with Crippen molar-refractivity contribution in [2.45, 2.75) is 6.92 Å². The summed E-state index contributed by atoms with van der Waals surface area (Å²) in [5, 5.41) is 0. The molecule has 1 heterocycles. The standard InChI is InChI=1S/C24H17F3N2O2/c1-14-12-29(13-28-14)21-8-7-17(11-22(21)31-2)24(30)16-5-3-15(4-6-16)18-9-19(25)23(27)20(26)10-18/h3-13H,1-2H3. The van der Waals surface area contributed by atoms with Gasteiger partial charge in [0.05, 0.1) is 24.8 Å². The van der Waals surface area contributed by atoms with E-state index in [1.807, 2.05) is 13.1 Å². The van der Waals surface area contributed by atoms with Crippen molar-refractivity contribution in [2.24, 2.45) is 0 Å². The summed E-state index contributed by atoms with van der Waals surface area (Å²) >= 11 is 0. The first-order valence-corrected chi connectivity index (χ1v) is 9.36. The van der Waals surface area contributed by atoms with E-state index in [9.17, 15) is 18.0 Å². The van der Waals surface area contributed by atoms with Crippen LogP contribution in [-0.4, -0.2) is 22.4 Å². The van der Waals surface area contributed by atoms with Crippen LogP contribution in [0, 0.1) is 24.4 Å². The zero-order valence-electron chi connectivity index (χ0n) is 16.7. The smallest absolute Gasteiger partial charge is 0.194 e. The first-order chi connectivity index (χ1) is 14.9. The maximum Gasteiger partial charge on any atom is 0.194 e. The van der Waals surface area contributed by atoms with Crippen LogP contribution in [0.1, 0.15) is 21.6 Å². The normalized spacial score (nSPS) is 10.9. The number of benzene rings is 3. The van der Waals surface area contributed by atoms with E-state index >= 15 is 0 Å². The van der Waals surface area contributed by atoms with Crippen molar-refractivity contribution in [3.8, 4) is 22.6 Å². The summed E-state index contributed by atoms with van der Waals surface area (Å²) in [6, 6.07) is 13.1. The molecule has 31 heavy (non-hydrogen) atoms. The summed E-state index contributed by atoms with van der Waals surface area (Å²) in [4.78, 5) is 17.1. The fraction of sp³-hybridized carbons (Fsp3) is 0.0833. The van der Waals surface area contributed by atoms with Crippen molar-refractivity contribution in [3.63, 3.8) is 0 Å². The number of imidazole rings is 1. The zero-order valence-corrected chi connectivity index (χ0v) is 16.7. The largest absolute Gasteiger partial charge is 0.495 e. The summed E-state index contributed by atoms with van der Waals surface area (Å²) in [5.41, 5.74) is 3.04. The molecule has 0 aliphatic carbocycles. The van der Waals surface area contributed by atoms with E-state index in [1.165, 1.54) is 7.11 Å². The molecule has 0 aliphatic heterocycles. The van der Waals surface area contributed by atoms with Crippen LogP contribution in [0.25, 0.3) is 16.8 Å². The quantitative estimate of drug-likeness (QED) is 0.315. The fourth-order valence-electron chi connectivity index (χ4n) is 3.29. The Hall–Kier alpha value is -3.87. The number of aryl methyl sites for hydroxylation is 1. The third-order valence-electron chi connectivity index (χ3n) is 4.90. The van der Waals surface area contributed by atoms with Gasteiger partial charge < -0.3 is 9.30 Å². The molecule has 0 N–H and O–H groups in total. The number of aromatic nitrogens is 2. The van der Waals surface area contributed by atoms with Crippen LogP contribution in [0.3, 0.4) is 0 Å². The van der Waals surface area contributed by atoms with Crippen LogP contribution < -0.4 is 4.74 Å². The summed E-state index contributed by atoms with van der Waals surface area (Å²) in [7, 11) is 1.52. The van der Waals surface area contributed by atoms with Crippen molar-refractivity contribution < 1.29 is 22.7 Å². The average Bonchev–Trinajstić information content (AvgIpc) is 3.22. The Morgan fingerprint density at radius 2 is 1.55 bits per heavy atom. The van der Waals surface area contributed by atoms with E-state index in [1.54, 1.807) is 53.4 Å². The van der Waals surface area contributed by atoms with Gasteiger partial charge in [0.1, 0.15) is 5.75 Å². The van der Waals surface area contributed by atoms with Gasteiger partial charge in [-0.1, -0.05) is 24.3 Å². The van der Waals surface area contributed by atoms with Gasteiger partial charge in [-0.15, -0.1) is 0 Å². The molecule has 1 aromatic heterocycles. The molecule has 7 heteroatoms. The summed E-state index contributed by atoms with van der Waals surface area (Å²) < 4.78 is 47.4. The minimum atomic E-state index is -1.52. The Balaban J connectivity index is 1.63. The molecule has 0 atom stereocenters. The summed E-state index contributed by atoms with van der Waals surface area (Å²) in [6.45, 7) is 1.87. The average molecular weight is 422 g/mol. The van der Waals surface area contributed by atoms with E-state index in [-0.39, 0.29) is 11.3 Å². The lowest BCUT2D eigenvalue weighted by Crippen LogP contribution is -2.04. The van der Waals surface area contributed by atoms with Crippen molar-refractivity contribution >= 4 is 5.78 Å². The highest BCUT2D eigenvalue weighted by Crippen LogP contribution is 2.27. The van der Waals surface area contributed by atoms with Crippen molar-refractivity contribution in [3.05, 3.63) is 101 Å². The Bertz CT molecular complexity index is 1260. The number of carbonyl (C=O) groups excluding carboxylic acids is 1. The van der Waals surface area contributed by atoms with Crippen LogP contribution in [0.2, 0.25) is 0 Å². The Morgan fingerprint density at radius 3 is 2.13 bits per heavy atom. The molecule has 156 valence electrons. The number of rotatable bonds is 5. The van der Waals surface area contributed by atoms with Gasteiger partial charge in [-0.05, 0) is 48.4 Å². The van der Waals surface area contributed by atoms with Crippen molar-refractivity contribution in [1.29, 1.82) is 0 Å². The van der Waals surface area contributed by atoms with Crippen molar-refractivity contribution in [2.75, 3.05) is 7.11 Å². The summed E-state index contributed by atoms with van der Waals surface area (Å²) in [6.07, 6.45) is 3.51. The van der Waals surface area contributed by atoms with Gasteiger partial charge in [-0.3, -0.25) is 4.79 Å². The van der Waals surface area contributed by atoms with E-state index in [4.69, 9.17) is 4.74 Å². The van der Waals surface area contributed by atoms with Gasteiger partial charge in [0.15, 0.2) is 23.2 Å². The second-order valence-corrected chi connectivity index (χ2v) is 6.97. The summed E-state index contributed by atoms with van der Waals surface area (Å²) in [5.74, 6) is -3.78. The van der Waals surface area contributed by atoms with Crippen LogP contribution in [0.4, 0.5) is 13.2 Å². The van der Waals surface area contributed by atoms with E-state index in [0.717, 1.165) is 23.5 Å². The number of nitrogens with zero attached hydrogens (tertiary/aromatic N) is 2. The number of hydrogen-bond donors (Lipinski definition) is 0. The molecule has 0 saturated heterocycles. The zero-order chi connectivity index (χ0) is 22.1. The van der Waals surface area contributed by atoms with Crippen molar-refractivity contribution in [1.82, 2.24) is 9.55 Å². The predicted octanol–water partition coefficient (Wildman–Crippen LogP) is 5.50. The van der Waals surface area contributed by atoms with Crippen LogP contribution >= 0.6 is 0 Å². The molecule has 0 spiro atoms. The van der Waals surface area contributed by atoms with Gasteiger partial charge in [0, 0.05) is 17.3 Å². The SMILES string of the molecule is COc1cc(C(=O)c2ccc(-c3cc(F)c(F)c(F)c3)cc2)ccc1-n1cnc(C)c1. The molecule has 3 aromatic carbocycles. The van der Waals surface area contributed by atoms with Crippen LogP contribution in [-0.2, 0) is 0 Å². The Kier molecular flexibility index (Phi) is 5.33. The molecule has 0 aliphatic rings. The van der Waals surface area contributed by atoms with Gasteiger partial charge >= 0.3 is 0 Å². The molecule has 0 unspecified atom stereocenters. The highest BCUT2D eigenvalue weighted by Gasteiger charge is 2.15. The number of halogens is 3. The molecule has 0 radical (unpaired) electrons. The Morgan fingerprint density at radius 1 is 0.903 bits per heavy atom. The first-order valence-electron chi connectivity index (χ1n) is 9.36. The lowest BCUT2D eigenvalue weighted by molar-refractivity contribution is 0.103. The van der Waals surface area contributed by atoms with E-state index < -0.39 is 17.5 Å². The monoisotopic (exact) mass is 422 g/mol. The molecule has 0 bridgehead atoms. The number of ether oxygens (including phenoxy) is 1. The number of methoxy groups -OCH3 is 1. The second-order valence-electron chi connectivity index (χ2n) is 6.97. The predicted molar refractivity (Wildman–Crippen MR) is 110 cm³/mol. The number of ketones is 1. The molecular formula is C24H17F3N2O2. The maximum absolute atomic E-state index is 13.5. The molecule has 0 amide bonds. The van der Waals surface area contributed by atoms with Gasteiger partial charge in [-0.2, -0.15) is 0 Å². The number of carbonyl (C=O) groups is 1. The first kappa shape index (κ1) is 20.4. The highest BCUT2D eigenvalue weighted by molar-refractivity contribution is 6.09. The third-order valence-corrected chi connectivity index (χ3v) is 4.90. The van der Waals surface area contributed by atoms with Gasteiger partial charge in [0.25, 0.3) is 0 Å². The third kappa shape index (κ3) is 3.94. The molecule has 0 saturated carbocycles. The van der Waals surface area contributed by atoms with E-state index in [2.05, 4.69) is 4.98 Å². The lowest BCUT2D eigenvalue weighted by Gasteiger charge is -2.11. The van der Waals surface area contributed by atoms with E-state index in [0.29, 0.717) is 22.4 Å². The number of hydrogen-bond acceptors (Lipinski definition) is 3. The molecular weight excluding hydrogens is 405 g/mol. The maximum atomic E-state index is 13.5. The Labute approximate surface area is 176 Å². The van der Waals surface area contributed by atoms with Gasteiger partial charge in [0.2, 0.25) is 0 Å². The minimum Gasteiger partial charge on any atom is -0.495 e. The molecule has 4 aromatic rings. The highest BCUT2D eigenvalue weighted by atomic mass is 19.2. The molecule has 4 nitrogen and oxygen atoms in total.